The second-order valence-corrected chi connectivity index (χ2v) is 7.13. The van der Waals surface area contributed by atoms with Crippen molar-refractivity contribution in [3.63, 3.8) is 0 Å². The predicted molar refractivity (Wildman–Crippen MR) is 88.8 cm³/mol. The highest BCUT2D eigenvalue weighted by Crippen LogP contribution is 2.49. The number of nitrogens with zero attached hydrogens (tertiary/aromatic N) is 1. The fraction of sp³-hybridized carbons (Fsp3) is 0.556. The van der Waals surface area contributed by atoms with Crippen molar-refractivity contribution in [2.45, 2.75) is 38.3 Å². The average molecular weight is 370 g/mol. The van der Waals surface area contributed by atoms with E-state index in [4.69, 9.17) is 0 Å². The lowest BCUT2D eigenvalue weighted by molar-refractivity contribution is -0.149. The molecule has 2 amide bonds. The molecule has 1 heterocycles. The van der Waals surface area contributed by atoms with Gasteiger partial charge in [0.25, 0.3) is 0 Å². The number of urea groups is 1. The van der Waals surface area contributed by atoms with Gasteiger partial charge in [0.2, 0.25) is 0 Å². The Balaban J connectivity index is 1.69. The van der Waals surface area contributed by atoms with Crippen LogP contribution < -0.4 is 5.32 Å². The number of nitrogens with one attached hydrogen (secondary N) is 1. The second-order valence-electron chi connectivity index (χ2n) is 7.13. The Bertz CT molecular complexity index is 707. The number of fused-ring (bicyclic) bond motifs is 1. The van der Waals surface area contributed by atoms with Crippen LogP contribution in [0.25, 0.3) is 0 Å². The number of aliphatic carboxylic acids is 1. The highest BCUT2D eigenvalue weighted by molar-refractivity contribution is 5.91. The highest BCUT2D eigenvalue weighted by Gasteiger charge is 2.55. The minimum absolute atomic E-state index is 0.0637. The van der Waals surface area contributed by atoms with Crippen LogP contribution in [0.15, 0.2) is 24.3 Å². The molecule has 1 saturated carbocycles. The molecule has 2 aliphatic rings. The van der Waals surface area contributed by atoms with Gasteiger partial charge >= 0.3 is 18.2 Å². The summed E-state index contributed by atoms with van der Waals surface area (Å²) >= 11 is 0. The van der Waals surface area contributed by atoms with E-state index in [0.29, 0.717) is 24.2 Å². The third kappa shape index (κ3) is 3.64. The van der Waals surface area contributed by atoms with Crippen LogP contribution in [0.3, 0.4) is 0 Å². The maximum absolute atomic E-state index is 12.6. The average Bonchev–Trinajstić information content (AvgIpc) is 3.11. The van der Waals surface area contributed by atoms with Crippen LogP contribution in [0, 0.1) is 11.3 Å². The minimum atomic E-state index is -4.27. The van der Waals surface area contributed by atoms with Crippen molar-refractivity contribution in [1.82, 2.24) is 4.90 Å². The molecule has 8 heteroatoms. The predicted octanol–water partition coefficient (Wildman–Crippen LogP) is 3.90. The van der Waals surface area contributed by atoms with Crippen LogP contribution >= 0.6 is 0 Å². The summed E-state index contributed by atoms with van der Waals surface area (Å²) in [5.41, 5.74) is -0.138. The molecule has 0 spiro atoms. The number of para-hydroxylation sites is 1. The molecule has 0 radical (unpaired) electrons. The smallest absolute Gasteiger partial charge is 0.389 e. The topological polar surface area (TPSA) is 69.6 Å². The molecule has 26 heavy (non-hydrogen) atoms. The van der Waals surface area contributed by atoms with Gasteiger partial charge in [0.15, 0.2) is 0 Å². The quantitative estimate of drug-likeness (QED) is 0.845. The number of hydrogen-bond acceptors (Lipinski definition) is 2. The molecule has 0 bridgehead atoms. The van der Waals surface area contributed by atoms with Gasteiger partial charge in [0, 0.05) is 25.2 Å². The lowest BCUT2D eigenvalue weighted by atomic mass is 9.81. The number of anilines is 1. The molecule has 0 unspecified atom stereocenters. The summed E-state index contributed by atoms with van der Waals surface area (Å²) in [4.78, 5) is 25.7. The number of carboxylic acids is 1. The first-order valence-electron chi connectivity index (χ1n) is 8.65. The number of carbonyl (C=O) groups excluding carboxylic acids is 1. The lowest BCUT2D eigenvalue weighted by Crippen LogP contribution is -2.38. The van der Waals surface area contributed by atoms with Crippen LogP contribution in [0.1, 0.15) is 31.2 Å². The van der Waals surface area contributed by atoms with Crippen molar-refractivity contribution in [2.75, 3.05) is 18.4 Å². The monoisotopic (exact) mass is 370 g/mol. The summed E-state index contributed by atoms with van der Waals surface area (Å²) in [6, 6.07) is 5.93. The number of carboxylic acid groups (broad SMARTS) is 1. The van der Waals surface area contributed by atoms with Gasteiger partial charge < -0.3 is 15.3 Å². The Labute approximate surface area is 149 Å². The minimum Gasteiger partial charge on any atom is -0.481 e. The molecule has 1 aliphatic heterocycles. The van der Waals surface area contributed by atoms with Crippen molar-refractivity contribution >= 4 is 17.7 Å². The van der Waals surface area contributed by atoms with E-state index in [1.54, 1.807) is 24.3 Å². The van der Waals surface area contributed by atoms with Crippen LogP contribution in [0.4, 0.5) is 23.7 Å². The van der Waals surface area contributed by atoms with Gasteiger partial charge in [-0.1, -0.05) is 24.6 Å². The molecule has 0 aromatic heterocycles. The Hall–Kier alpha value is -2.25. The Morgan fingerprint density at radius 2 is 2.04 bits per heavy atom. The molecule has 5 nitrogen and oxygen atoms in total. The maximum atomic E-state index is 12.6. The number of hydrogen-bond donors (Lipinski definition) is 2. The first-order chi connectivity index (χ1) is 12.2. The summed E-state index contributed by atoms with van der Waals surface area (Å²) in [7, 11) is 0. The molecule has 1 aliphatic carbocycles. The van der Waals surface area contributed by atoms with Crippen LogP contribution in [0.5, 0.6) is 0 Å². The number of halogens is 3. The number of aryl methyl sites for hydroxylation is 1. The van der Waals surface area contributed by atoms with Gasteiger partial charge in [-0.15, -0.1) is 0 Å². The van der Waals surface area contributed by atoms with Gasteiger partial charge in [0.1, 0.15) is 0 Å². The number of likely N-dealkylation sites (tertiary alicyclic amines) is 1. The van der Waals surface area contributed by atoms with Gasteiger partial charge in [-0.3, -0.25) is 4.79 Å². The summed E-state index contributed by atoms with van der Waals surface area (Å²) in [5, 5.41) is 12.2. The molecule has 2 fully saturated rings. The molecule has 3 rings (SSSR count). The Morgan fingerprint density at radius 3 is 2.69 bits per heavy atom. The summed E-state index contributed by atoms with van der Waals surface area (Å²) in [5.74, 6) is -0.938. The summed E-state index contributed by atoms with van der Waals surface area (Å²) in [6.45, 7) is 0.506. The van der Waals surface area contributed by atoms with Gasteiger partial charge in [-0.25, -0.2) is 4.79 Å². The number of rotatable bonds is 4. The van der Waals surface area contributed by atoms with Crippen LogP contribution in [-0.4, -0.2) is 41.3 Å². The van der Waals surface area contributed by atoms with E-state index >= 15 is 0 Å². The molecule has 2 atom stereocenters. The molecule has 142 valence electrons. The van der Waals surface area contributed by atoms with Crippen molar-refractivity contribution in [3.8, 4) is 0 Å². The molecule has 1 saturated heterocycles. The number of alkyl halides is 3. The van der Waals surface area contributed by atoms with Crippen molar-refractivity contribution in [1.29, 1.82) is 0 Å². The normalized spacial score (nSPS) is 25.2. The van der Waals surface area contributed by atoms with E-state index in [1.165, 1.54) is 4.90 Å². The number of benzene rings is 1. The first kappa shape index (κ1) is 18.5. The molecule has 1 aromatic rings. The van der Waals surface area contributed by atoms with E-state index in [0.717, 1.165) is 12.8 Å². The third-order valence-corrected chi connectivity index (χ3v) is 5.52. The van der Waals surface area contributed by atoms with Gasteiger partial charge in [-0.2, -0.15) is 13.2 Å². The zero-order valence-corrected chi connectivity index (χ0v) is 14.2. The molecule has 2 N–H and O–H groups in total. The fourth-order valence-corrected chi connectivity index (χ4v) is 4.12. The van der Waals surface area contributed by atoms with E-state index in [9.17, 15) is 27.9 Å². The zero-order chi connectivity index (χ0) is 18.9. The Morgan fingerprint density at radius 1 is 1.31 bits per heavy atom. The van der Waals surface area contributed by atoms with Crippen molar-refractivity contribution in [2.24, 2.45) is 11.3 Å². The SMILES string of the molecule is O=C(Nc1ccccc1CCC(F)(F)F)N1C[C@@H]2CCC[C@@]2(C(=O)O)C1. The standard InChI is InChI=1S/C18H21F3N2O3/c19-18(20,21)9-7-12-4-1-2-6-14(12)22-16(26)23-10-13-5-3-8-17(13,11-23)15(24)25/h1-2,4,6,13H,3,5,7-11H2,(H,22,26)(H,24,25)/t13-,17+/m0/s1. The van der Waals surface area contributed by atoms with Gasteiger partial charge in [0.05, 0.1) is 5.41 Å². The highest BCUT2D eigenvalue weighted by atomic mass is 19.4. The molecular formula is C18H21F3N2O3. The summed E-state index contributed by atoms with van der Waals surface area (Å²) < 4.78 is 37.4. The number of amides is 2. The first-order valence-corrected chi connectivity index (χ1v) is 8.65. The van der Waals surface area contributed by atoms with Crippen molar-refractivity contribution in [3.05, 3.63) is 29.8 Å². The van der Waals surface area contributed by atoms with E-state index in [-0.39, 0.29) is 18.9 Å². The largest absolute Gasteiger partial charge is 0.481 e. The van der Waals surface area contributed by atoms with Crippen LogP contribution in [-0.2, 0) is 11.2 Å². The van der Waals surface area contributed by atoms with Gasteiger partial charge in [-0.05, 0) is 36.8 Å². The van der Waals surface area contributed by atoms with Crippen molar-refractivity contribution < 1.29 is 27.9 Å². The van der Waals surface area contributed by atoms with E-state index in [1.807, 2.05) is 0 Å². The maximum Gasteiger partial charge on any atom is 0.389 e. The third-order valence-electron chi connectivity index (χ3n) is 5.52. The van der Waals surface area contributed by atoms with E-state index in [2.05, 4.69) is 5.32 Å². The molecule has 1 aromatic carbocycles. The second kappa shape index (κ2) is 6.81. The van der Waals surface area contributed by atoms with Crippen LogP contribution in [0.2, 0.25) is 0 Å². The summed E-state index contributed by atoms with van der Waals surface area (Å²) in [6.07, 6.45) is -3.28. The zero-order valence-electron chi connectivity index (χ0n) is 14.2. The number of carbonyl (C=O) groups is 2. The fourth-order valence-electron chi connectivity index (χ4n) is 4.12. The Kier molecular flexibility index (Phi) is 4.86. The molecular weight excluding hydrogens is 349 g/mol. The van der Waals surface area contributed by atoms with E-state index < -0.39 is 30.0 Å². The lowest BCUT2D eigenvalue weighted by Gasteiger charge is -2.23.